The Morgan fingerprint density at radius 3 is 2.68 bits per heavy atom. The van der Waals surface area contributed by atoms with E-state index in [-0.39, 0.29) is 23.6 Å². The van der Waals surface area contributed by atoms with Crippen LogP contribution < -0.4 is 5.32 Å². The van der Waals surface area contributed by atoms with E-state index in [0.29, 0.717) is 10.4 Å². The molecule has 0 fully saturated rings. The van der Waals surface area contributed by atoms with Crippen molar-refractivity contribution in [3.63, 3.8) is 0 Å². The molecule has 1 heterocycles. The highest BCUT2D eigenvalue weighted by molar-refractivity contribution is 7.15. The van der Waals surface area contributed by atoms with Crippen LogP contribution in [0.15, 0.2) is 30.4 Å². The lowest BCUT2D eigenvalue weighted by Crippen LogP contribution is -2.30. The molecule has 0 atom stereocenters. The van der Waals surface area contributed by atoms with Crippen LogP contribution >= 0.6 is 11.3 Å². The third-order valence-electron chi connectivity index (χ3n) is 3.00. The minimum absolute atomic E-state index is 0.00922. The van der Waals surface area contributed by atoms with Crippen molar-refractivity contribution >= 4 is 28.8 Å². The second-order valence-corrected chi connectivity index (χ2v) is 5.72. The Morgan fingerprint density at radius 1 is 1.45 bits per heavy atom. The Bertz CT molecular complexity index is 689. The maximum absolute atomic E-state index is 12.3. The molecule has 1 rings (SSSR count). The van der Waals surface area contributed by atoms with Crippen LogP contribution in [-0.4, -0.2) is 24.0 Å². The number of carbonyl (C=O) groups excluding carboxylic acids is 3. The first-order valence-electron chi connectivity index (χ1n) is 6.61. The molecule has 1 N–H and O–H groups in total. The summed E-state index contributed by atoms with van der Waals surface area (Å²) in [4.78, 5) is 36.8. The van der Waals surface area contributed by atoms with E-state index in [1.165, 1.54) is 6.07 Å². The fourth-order valence-electron chi connectivity index (χ4n) is 1.77. The number of allylic oxidation sites excluding steroid dienone is 3. The summed E-state index contributed by atoms with van der Waals surface area (Å²) >= 11 is 1.13. The van der Waals surface area contributed by atoms with Crippen molar-refractivity contribution in [1.82, 2.24) is 5.32 Å². The highest BCUT2D eigenvalue weighted by Crippen LogP contribution is 2.24. The van der Waals surface area contributed by atoms with Crippen LogP contribution in [0, 0.1) is 19.3 Å². The maximum atomic E-state index is 12.3. The van der Waals surface area contributed by atoms with Crippen molar-refractivity contribution < 1.29 is 14.4 Å². The van der Waals surface area contributed by atoms with Gasteiger partial charge in [-0.2, -0.15) is 0 Å². The predicted octanol–water partition coefficient (Wildman–Crippen LogP) is 2.69. The summed E-state index contributed by atoms with van der Waals surface area (Å²) in [5.74, 6) is 0.669. The number of ketones is 2. The number of aryl methyl sites for hydroxylation is 1. The molecule has 0 spiro atoms. The number of hydrogen-bond acceptors (Lipinski definition) is 4. The zero-order valence-corrected chi connectivity index (χ0v) is 13.4. The molecule has 4 nitrogen and oxygen atoms in total. The van der Waals surface area contributed by atoms with Crippen molar-refractivity contribution in [3.05, 3.63) is 45.7 Å². The fraction of sp³-hybridized carbons (Fsp3) is 0.235. The summed E-state index contributed by atoms with van der Waals surface area (Å²) in [6.07, 6.45) is 8.68. The molecule has 1 amide bonds. The smallest absolute Gasteiger partial charge is 0.294 e. The van der Waals surface area contributed by atoms with Gasteiger partial charge < -0.3 is 5.32 Å². The fourth-order valence-corrected chi connectivity index (χ4v) is 2.74. The molecule has 0 bridgehead atoms. The first kappa shape index (κ1) is 17.6. The number of hydrogen-bond donors (Lipinski definition) is 1. The van der Waals surface area contributed by atoms with Crippen LogP contribution in [0.5, 0.6) is 0 Å². The molecule has 0 aliphatic carbocycles. The summed E-state index contributed by atoms with van der Waals surface area (Å²) in [5, 5.41) is 2.31. The van der Waals surface area contributed by atoms with Gasteiger partial charge in [-0.05, 0) is 25.5 Å². The molecule has 0 saturated carbocycles. The highest BCUT2D eigenvalue weighted by atomic mass is 32.1. The average molecular weight is 315 g/mol. The lowest BCUT2D eigenvalue weighted by Gasteiger charge is -2.00. The van der Waals surface area contributed by atoms with E-state index in [9.17, 15) is 14.4 Å². The molecule has 22 heavy (non-hydrogen) atoms. The van der Waals surface area contributed by atoms with Gasteiger partial charge in [0.1, 0.15) is 0 Å². The summed E-state index contributed by atoms with van der Waals surface area (Å²) in [7, 11) is 0. The van der Waals surface area contributed by atoms with Gasteiger partial charge in [-0.15, -0.1) is 17.8 Å². The Balaban J connectivity index is 2.94. The Morgan fingerprint density at radius 2 is 2.14 bits per heavy atom. The molecule has 5 heteroatoms. The second kappa shape index (κ2) is 8.11. The van der Waals surface area contributed by atoms with Gasteiger partial charge in [0, 0.05) is 16.9 Å². The quantitative estimate of drug-likeness (QED) is 0.364. The number of thiophene rings is 1. The minimum atomic E-state index is -0.765. The van der Waals surface area contributed by atoms with E-state index in [1.54, 1.807) is 13.0 Å². The molecule has 114 valence electrons. The molecule has 0 saturated heterocycles. The lowest BCUT2D eigenvalue weighted by molar-refractivity contribution is -0.116. The van der Waals surface area contributed by atoms with Gasteiger partial charge in [-0.3, -0.25) is 14.4 Å². The van der Waals surface area contributed by atoms with Crippen LogP contribution in [0.3, 0.4) is 0 Å². The van der Waals surface area contributed by atoms with Crippen molar-refractivity contribution in [2.75, 3.05) is 6.54 Å². The van der Waals surface area contributed by atoms with Gasteiger partial charge in [-0.25, -0.2) is 0 Å². The van der Waals surface area contributed by atoms with Gasteiger partial charge in [0.2, 0.25) is 0 Å². The molecule has 1 aromatic rings. The zero-order chi connectivity index (χ0) is 16.7. The monoisotopic (exact) mass is 315 g/mol. The number of carbonyl (C=O) groups is 3. The van der Waals surface area contributed by atoms with E-state index >= 15 is 0 Å². The first-order valence-corrected chi connectivity index (χ1v) is 7.43. The molecule has 0 aromatic carbocycles. The standard InChI is InChI=1S/C17H17NO3S/c1-5-8-18-17(21)16(20)15-10-13(11(4)22-15)14(19)9-12(6-2)7-3/h1,6-7,10H,2,8-9H2,3-4H3,(H,18,21)/b12-7+. The van der Waals surface area contributed by atoms with Crippen molar-refractivity contribution in [1.29, 1.82) is 0 Å². The number of Topliss-reactive ketones (excluding diaryl/α,β-unsaturated/α-hetero) is 2. The molecule has 1 aromatic heterocycles. The highest BCUT2D eigenvalue weighted by Gasteiger charge is 2.21. The lowest BCUT2D eigenvalue weighted by atomic mass is 10.0. The molecule has 0 unspecified atom stereocenters. The first-order chi connectivity index (χ1) is 10.4. The molecular weight excluding hydrogens is 298 g/mol. The van der Waals surface area contributed by atoms with Gasteiger partial charge in [0.25, 0.3) is 11.7 Å². The number of rotatable bonds is 7. The molecule has 0 radical (unpaired) electrons. The predicted molar refractivity (Wildman–Crippen MR) is 88.1 cm³/mol. The number of terminal acetylenes is 1. The van der Waals surface area contributed by atoms with Crippen molar-refractivity contribution in [2.24, 2.45) is 0 Å². The minimum Gasteiger partial charge on any atom is -0.338 e. The van der Waals surface area contributed by atoms with E-state index in [4.69, 9.17) is 6.42 Å². The Hall–Kier alpha value is -2.45. The molecular formula is C17H17NO3S. The van der Waals surface area contributed by atoms with E-state index in [1.807, 2.05) is 13.0 Å². The number of amides is 1. The summed E-state index contributed by atoms with van der Waals surface area (Å²) < 4.78 is 0. The van der Waals surface area contributed by atoms with Crippen LogP contribution in [-0.2, 0) is 4.79 Å². The maximum Gasteiger partial charge on any atom is 0.294 e. The van der Waals surface area contributed by atoms with Crippen LogP contribution in [0.1, 0.15) is 38.3 Å². The van der Waals surface area contributed by atoms with Crippen molar-refractivity contribution in [3.8, 4) is 12.3 Å². The van der Waals surface area contributed by atoms with Gasteiger partial charge in [0.15, 0.2) is 5.78 Å². The third-order valence-corrected chi connectivity index (χ3v) is 4.05. The largest absolute Gasteiger partial charge is 0.338 e. The second-order valence-electron chi connectivity index (χ2n) is 4.46. The number of nitrogens with one attached hydrogen (secondary N) is 1. The van der Waals surface area contributed by atoms with Gasteiger partial charge in [0.05, 0.1) is 11.4 Å². The molecule has 0 aliphatic heterocycles. The third kappa shape index (κ3) is 4.27. The Kier molecular flexibility index (Phi) is 6.48. The zero-order valence-electron chi connectivity index (χ0n) is 12.6. The van der Waals surface area contributed by atoms with E-state index in [0.717, 1.165) is 16.9 Å². The summed E-state index contributed by atoms with van der Waals surface area (Å²) in [6.45, 7) is 7.21. The van der Waals surface area contributed by atoms with Gasteiger partial charge >= 0.3 is 0 Å². The summed E-state index contributed by atoms with van der Waals surface area (Å²) in [5.41, 5.74) is 1.27. The van der Waals surface area contributed by atoms with E-state index < -0.39 is 11.7 Å². The Labute approximate surface area is 133 Å². The average Bonchev–Trinajstić information content (AvgIpc) is 2.91. The normalized spacial score (nSPS) is 10.7. The van der Waals surface area contributed by atoms with Crippen LogP contribution in [0.25, 0.3) is 0 Å². The SMILES string of the molecule is C#CCNC(=O)C(=O)c1cc(C(=O)C/C(C=C)=C/C)c(C)s1. The van der Waals surface area contributed by atoms with Gasteiger partial charge in [-0.1, -0.05) is 24.7 Å². The molecule has 0 aliphatic rings. The van der Waals surface area contributed by atoms with Crippen LogP contribution in [0.2, 0.25) is 0 Å². The van der Waals surface area contributed by atoms with Crippen molar-refractivity contribution in [2.45, 2.75) is 20.3 Å². The topological polar surface area (TPSA) is 63.2 Å². The van der Waals surface area contributed by atoms with E-state index in [2.05, 4.69) is 17.8 Å². The summed E-state index contributed by atoms with van der Waals surface area (Å²) in [6, 6.07) is 1.47. The van der Waals surface area contributed by atoms with Crippen LogP contribution in [0.4, 0.5) is 0 Å².